The lowest BCUT2D eigenvalue weighted by molar-refractivity contribution is -0.139. The van der Waals surface area contributed by atoms with Gasteiger partial charge in [-0.15, -0.1) is 11.3 Å². The fraction of sp³-hybridized carbons (Fsp3) is 0.400. The summed E-state index contributed by atoms with van der Waals surface area (Å²) in [6.07, 6.45) is 4.87. The maximum atomic E-state index is 12.6. The molecule has 1 aliphatic rings. The van der Waals surface area contributed by atoms with Gasteiger partial charge in [0.15, 0.2) is 0 Å². The number of rotatable bonds is 8. The van der Waals surface area contributed by atoms with Crippen molar-refractivity contribution < 1.29 is 22.7 Å². The van der Waals surface area contributed by atoms with Crippen molar-refractivity contribution >= 4 is 33.4 Å². The molecular weight excluding hydrogens is 412 g/mol. The average molecular weight is 437 g/mol. The van der Waals surface area contributed by atoms with Gasteiger partial charge in [-0.2, -0.15) is 4.31 Å². The Morgan fingerprint density at radius 2 is 2.00 bits per heavy atom. The van der Waals surface area contributed by atoms with Crippen LogP contribution in [-0.4, -0.2) is 50.0 Å². The molecule has 1 fully saturated rings. The summed E-state index contributed by atoms with van der Waals surface area (Å²) in [6.45, 7) is 3.76. The summed E-state index contributed by atoms with van der Waals surface area (Å²) in [7, 11) is -3.52. The van der Waals surface area contributed by atoms with E-state index in [9.17, 15) is 13.2 Å². The first kappa shape index (κ1) is 21.6. The second kappa shape index (κ2) is 10.1. The van der Waals surface area contributed by atoms with Gasteiger partial charge in [0, 0.05) is 24.5 Å². The molecule has 9 heteroatoms. The van der Waals surface area contributed by atoms with Gasteiger partial charge in [-0.1, -0.05) is 19.1 Å². The molecule has 0 bridgehead atoms. The van der Waals surface area contributed by atoms with Crippen LogP contribution in [0, 0.1) is 0 Å². The van der Waals surface area contributed by atoms with Crippen LogP contribution >= 0.6 is 11.3 Å². The van der Waals surface area contributed by atoms with Crippen molar-refractivity contribution in [3.8, 4) is 0 Å². The summed E-state index contributed by atoms with van der Waals surface area (Å²) in [5, 5.41) is 2.94. The Morgan fingerprint density at radius 1 is 1.28 bits per heavy atom. The first-order chi connectivity index (χ1) is 14.0. The summed E-state index contributed by atoms with van der Waals surface area (Å²) >= 11 is 1.57. The van der Waals surface area contributed by atoms with Crippen LogP contribution in [0.25, 0.3) is 6.08 Å². The van der Waals surface area contributed by atoms with Gasteiger partial charge in [0.05, 0.1) is 28.8 Å². The minimum atomic E-state index is -3.52. The highest BCUT2D eigenvalue weighted by atomic mass is 32.2. The molecule has 0 saturated carbocycles. The molecule has 1 saturated heterocycles. The Hall–Kier alpha value is -2.07. The maximum Gasteiger partial charge on any atom is 0.331 e. The van der Waals surface area contributed by atoms with Crippen molar-refractivity contribution in [1.82, 2.24) is 9.29 Å². The Kier molecular flexibility index (Phi) is 7.54. The van der Waals surface area contributed by atoms with Gasteiger partial charge in [-0.3, -0.25) is 0 Å². The molecular formula is C20H24N2O5S2. The number of aromatic nitrogens is 1. The maximum absolute atomic E-state index is 12.6. The molecule has 7 nitrogen and oxygen atoms in total. The number of carbonyl (C=O) groups is 1. The van der Waals surface area contributed by atoms with E-state index in [0.29, 0.717) is 31.9 Å². The van der Waals surface area contributed by atoms with Gasteiger partial charge < -0.3 is 9.47 Å². The predicted octanol–water partition coefficient (Wildman–Crippen LogP) is 2.87. The zero-order valence-corrected chi connectivity index (χ0v) is 17.9. The zero-order valence-electron chi connectivity index (χ0n) is 16.2. The van der Waals surface area contributed by atoms with Crippen molar-refractivity contribution in [2.24, 2.45) is 0 Å². The van der Waals surface area contributed by atoms with Gasteiger partial charge in [-0.05, 0) is 36.6 Å². The number of benzene rings is 1. The van der Waals surface area contributed by atoms with Crippen LogP contribution in [0.15, 0.2) is 40.6 Å². The van der Waals surface area contributed by atoms with Crippen molar-refractivity contribution in [1.29, 1.82) is 0 Å². The van der Waals surface area contributed by atoms with E-state index in [0.717, 1.165) is 23.5 Å². The van der Waals surface area contributed by atoms with E-state index in [1.807, 2.05) is 5.38 Å². The summed E-state index contributed by atoms with van der Waals surface area (Å²) < 4.78 is 37.0. The van der Waals surface area contributed by atoms with E-state index in [1.165, 1.54) is 10.4 Å². The van der Waals surface area contributed by atoms with Gasteiger partial charge in [0.1, 0.15) is 6.61 Å². The van der Waals surface area contributed by atoms with E-state index < -0.39 is 16.0 Å². The van der Waals surface area contributed by atoms with E-state index in [4.69, 9.17) is 9.47 Å². The second-order valence-electron chi connectivity index (χ2n) is 6.51. The van der Waals surface area contributed by atoms with E-state index in [-0.39, 0.29) is 11.5 Å². The molecule has 29 heavy (non-hydrogen) atoms. The van der Waals surface area contributed by atoms with Crippen LogP contribution in [0.5, 0.6) is 0 Å². The largest absolute Gasteiger partial charge is 0.456 e. The molecule has 1 aromatic heterocycles. The molecule has 2 heterocycles. The predicted molar refractivity (Wildman–Crippen MR) is 111 cm³/mol. The fourth-order valence-electron chi connectivity index (χ4n) is 2.79. The van der Waals surface area contributed by atoms with Crippen molar-refractivity contribution in [2.45, 2.75) is 31.3 Å². The smallest absolute Gasteiger partial charge is 0.331 e. The molecule has 0 N–H and O–H groups in total. The van der Waals surface area contributed by atoms with Crippen molar-refractivity contribution in [3.05, 3.63) is 52.0 Å². The van der Waals surface area contributed by atoms with Crippen LogP contribution < -0.4 is 0 Å². The SMILES string of the molecule is CCCc1nc(COC(=O)/C=C/c2ccc(S(=O)(=O)N3CCOCC3)cc2)cs1. The first-order valence-electron chi connectivity index (χ1n) is 9.45. The molecule has 1 aromatic carbocycles. The van der Waals surface area contributed by atoms with E-state index >= 15 is 0 Å². The minimum absolute atomic E-state index is 0.139. The Labute approximate surface area is 175 Å². The number of thiazole rings is 1. The molecule has 2 aromatic rings. The zero-order chi connectivity index (χ0) is 20.7. The fourth-order valence-corrected chi connectivity index (χ4v) is 5.08. The topological polar surface area (TPSA) is 85.8 Å². The van der Waals surface area contributed by atoms with Crippen molar-refractivity contribution in [3.63, 3.8) is 0 Å². The lowest BCUT2D eigenvalue weighted by Gasteiger charge is -2.26. The van der Waals surface area contributed by atoms with E-state index in [1.54, 1.807) is 41.7 Å². The highest BCUT2D eigenvalue weighted by molar-refractivity contribution is 7.89. The third kappa shape index (κ3) is 5.96. The Morgan fingerprint density at radius 3 is 2.69 bits per heavy atom. The normalized spacial score (nSPS) is 15.6. The molecule has 0 amide bonds. The lowest BCUT2D eigenvalue weighted by Crippen LogP contribution is -2.40. The van der Waals surface area contributed by atoms with Gasteiger partial charge in [0.2, 0.25) is 10.0 Å². The quantitative estimate of drug-likeness (QED) is 0.467. The highest BCUT2D eigenvalue weighted by Crippen LogP contribution is 2.18. The van der Waals surface area contributed by atoms with Crippen LogP contribution in [0.4, 0.5) is 0 Å². The highest BCUT2D eigenvalue weighted by Gasteiger charge is 2.25. The molecule has 0 aliphatic carbocycles. The molecule has 0 spiro atoms. The number of ether oxygens (including phenoxy) is 2. The number of nitrogens with zero attached hydrogens (tertiary/aromatic N) is 2. The molecule has 0 radical (unpaired) electrons. The second-order valence-corrected chi connectivity index (χ2v) is 9.39. The van der Waals surface area contributed by atoms with Gasteiger partial charge >= 0.3 is 5.97 Å². The number of morpholine rings is 1. The molecule has 156 valence electrons. The molecule has 0 unspecified atom stereocenters. The lowest BCUT2D eigenvalue weighted by atomic mass is 10.2. The van der Waals surface area contributed by atoms with Gasteiger partial charge in [0.25, 0.3) is 0 Å². The van der Waals surface area contributed by atoms with Gasteiger partial charge in [-0.25, -0.2) is 18.2 Å². The summed E-state index contributed by atoms with van der Waals surface area (Å²) in [5.41, 5.74) is 1.46. The first-order valence-corrected chi connectivity index (χ1v) is 11.8. The third-order valence-corrected chi connectivity index (χ3v) is 7.20. The van der Waals surface area contributed by atoms with Crippen molar-refractivity contribution in [2.75, 3.05) is 26.3 Å². The summed E-state index contributed by atoms with van der Waals surface area (Å²) in [6, 6.07) is 6.41. The number of hydrogen-bond acceptors (Lipinski definition) is 7. The monoisotopic (exact) mass is 436 g/mol. The minimum Gasteiger partial charge on any atom is -0.456 e. The third-order valence-electron chi connectivity index (χ3n) is 4.33. The molecule has 0 atom stereocenters. The summed E-state index contributed by atoms with van der Waals surface area (Å²) in [5.74, 6) is -0.472. The molecule has 3 rings (SSSR count). The summed E-state index contributed by atoms with van der Waals surface area (Å²) in [4.78, 5) is 16.5. The Balaban J connectivity index is 1.54. The van der Waals surface area contributed by atoms with Crippen LogP contribution in [0.2, 0.25) is 0 Å². The standard InChI is InChI=1S/C20H24N2O5S2/c1-2-3-19-21-17(15-28-19)14-27-20(23)9-6-16-4-7-18(8-5-16)29(24,25)22-10-12-26-13-11-22/h4-9,15H,2-3,10-14H2,1H3/b9-6+. The number of hydrogen-bond donors (Lipinski definition) is 0. The number of carbonyl (C=O) groups excluding carboxylic acids is 1. The van der Waals surface area contributed by atoms with Crippen LogP contribution in [-0.2, 0) is 37.3 Å². The average Bonchev–Trinajstić information content (AvgIpc) is 3.19. The van der Waals surface area contributed by atoms with Crippen LogP contribution in [0.3, 0.4) is 0 Å². The number of aryl methyl sites for hydroxylation is 1. The number of esters is 1. The van der Waals surface area contributed by atoms with E-state index in [2.05, 4.69) is 11.9 Å². The number of sulfonamides is 1. The van der Waals surface area contributed by atoms with Crippen LogP contribution in [0.1, 0.15) is 29.6 Å². The molecule has 1 aliphatic heterocycles. The Bertz CT molecular complexity index is 946.